The number of aromatic hydroxyl groups is 1. The monoisotopic (exact) mass is 372 g/mol. The molecule has 5 heteroatoms. The molecule has 0 saturated heterocycles. The van der Waals surface area contributed by atoms with Crippen LogP contribution in [0.1, 0.15) is 27.0 Å². The molecule has 2 N–H and O–H groups in total. The number of carbonyl (C=O) groups excluding carboxylic acids is 1. The van der Waals surface area contributed by atoms with Crippen molar-refractivity contribution in [2.45, 2.75) is 20.8 Å². The van der Waals surface area contributed by atoms with Gasteiger partial charge < -0.3 is 14.8 Å². The van der Waals surface area contributed by atoms with Crippen LogP contribution in [0.15, 0.2) is 59.0 Å². The molecular formula is C23H20N2O3. The third-order valence-electron chi connectivity index (χ3n) is 4.83. The molecule has 1 heterocycles. The average molecular weight is 372 g/mol. The normalized spacial score (nSPS) is 11.0. The summed E-state index contributed by atoms with van der Waals surface area (Å²) in [7, 11) is 0. The Balaban J connectivity index is 1.74. The molecule has 0 spiro atoms. The molecule has 3 aromatic carbocycles. The van der Waals surface area contributed by atoms with E-state index in [-0.39, 0.29) is 11.7 Å². The topological polar surface area (TPSA) is 75.4 Å². The summed E-state index contributed by atoms with van der Waals surface area (Å²) in [6.07, 6.45) is 0. The molecular weight excluding hydrogens is 352 g/mol. The van der Waals surface area contributed by atoms with E-state index in [0.717, 1.165) is 16.6 Å². The van der Waals surface area contributed by atoms with E-state index in [9.17, 15) is 9.90 Å². The number of fused-ring (bicyclic) bond motifs is 1. The Kier molecular flexibility index (Phi) is 4.35. The van der Waals surface area contributed by atoms with Gasteiger partial charge in [-0.1, -0.05) is 18.2 Å². The smallest absolute Gasteiger partial charge is 0.255 e. The van der Waals surface area contributed by atoms with E-state index >= 15 is 0 Å². The first-order valence-corrected chi connectivity index (χ1v) is 9.00. The summed E-state index contributed by atoms with van der Waals surface area (Å²) in [5.41, 5.74) is 5.81. The van der Waals surface area contributed by atoms with Gasteiger partial charge in [0.15, 0.2) is 5.58 Å². The minimum Gasteiger partial charge on any atom is -0.507 e. The number of amides is 1. The van der Waals surface area contributed by atoms with E-state index in [1.165, 1.54) is 0 Å². The van der Waals surface area contributed by atoms with Crippen molar-refractivity contribution in [3.8, 4) is 17.2 Å². The van der Waals surface area contributed by atoms with Gasteiger partial charge in [-0.15, -0.1) is 0 Å². The molecule has 4 aromatic rings. The fraction of sp³-hybridized carbons (Fsp3) is 0.130. The summed E-state index contributed by atoms with van der Waals surface area (Å²) < 4.78 is 5.89. The lowest BCUT2D eigenvalue weighted by Crippen LogP contribution is -2.11. The third kappa shape index (κ3) is 3.22. The van der Waals surface area contributed by atoms with Crippen molar-refractivity contribution in [2.24, 2.45) is 0 Å². The second-order valence-electron chi connectivity index (χ2n) is 6.93. The van der Waals surface area contributed by atoms with Crippen LogP contribution in [0.2, 0.25) is 0 Å². The molecule has 0 radical (unpaired) electrons. The molecule has 0 fully saturated rings. The molecule has 0 aliphatic heterocycles. The van der Waals surface area contributed by atoms with Gasteiger partial charge >= 0.3 is 0 Å². The van der Waals surface area contributed by atoms with Gasteiger partial charge in [0.05, 0.1) is 5.56 Å². The predicted molar refractivity (Wildman–Crippen MR) is 110 cm³/mol. The van der Waals surface area contributed by atoms with E-state index in [2.05, 4.69) is 10.3 Å². The molecule has 0 bridgehead atoms. The van der Waals surface area contributed by atoms with Crippen molar-refractivity contribution >= 4 is 22.7 Å². The fourth-order valence-electron chi connectivity index (χ4n) is 3.10. The molecule has 5 nitrogen and oxygen atoms in total. The first-order valence-electron chi connectivity index (χ1n) is 9.00. The van der Waals surface area contributed by atoms with E-state index in [0.29, 0.717) is 33.9 Å². The maximum Gasteiger partial charge on any atom is 0.255 e. The number of hydrogen-bond donors (Lipinski definition) is 2. The number of nitrogens with one attached hydrogen (secondary N) is 1. The van der Waals surface area contributed by atoms with Gasteiger partial charge in [0.1, 0.15) is 11.3 Å². The maximum absolute atomic E-state index is 12.5. The Morgan fingerprint density at radius 1 is 0.964 bits per heavy atom. The second kappa shape index (κ2) is 6.85. The van der Waals surface area contributed by atoms with Gasteiger partial charge in [0.25, 0.3) is 5.91 Å². The molecule has 0 aliphatic carbocycles. The molecule has 140 valence electrons. The Morgan fingerprint density at radius 2 is 1.68 bits per heavy atom. The number of carbonyl (C=O) groups is 1. The number of anilines is 1. The number of benzene rings is 3. The zero-order valence-electron chi connectivity index (χ0n) is 15.9. The van der Waals surface area contributed by atoms with E-state index in [4.69, 9.17) is 4.42 Å². The Labute approximate surface area is 162 Å². The van der Waals surface area contributed by atoms with Crippen LogP contribution in [0, 0.1) is 20.8 Å². The van der Waals surface area contributed by atoms with Gasteiger partial charge in [-0.2, -0.15) is 0 Å². The molecule has 0 unspecified atom stereocenters. The van der Waals surface area contributed by atoms with Gasteiger partial charge in [0.2, 0.25) is 5.89 Å². The van der Waals surface area contributed by atoms with Crippen LogP contribution in [0.4, 0.5) is 5.69 Å². The average Bonchev–Trinajstić information content (AvgIpc) is 3.08. The lowest BCUT2D eigenvalue weighted by Gasteiger charge is -2.10. The second-order valence-corrected chi connectivity index (χ2v) is 6.93. The number of aromatic nitrogens is 1. The van der Waals surface area contributed by atoms with Crippen LogP contribution < -0.4 is 5.32 Å². The summed E-state index contributed by atoms with van der Waals surface area (Å²) >= 11 is 0. The molecule has 1 amide bonds. The van der Waals surface area contributed by atoms with Crippen molar-refractivity contribution in [1.82, 2.24) is 4.98 Å². The number of nitrogens with zero attached hydrogens (tertiary/aromatic N) is 1. The van der Waals surface area contributed by atoms with E-state index in [1.54, 1.807) is 31.2 Å². The predicted octanol–water partition coefficient (Wildman–Crippen LogP) is 5.38. The van der Waals surface area contributed by atoms with E-state index < -0.39 is 0 Å². The van der Waals surface area contributed by atoms with Crippen molar-refractivity contribution < 1.29 is 14.3 Å². The molecule has 28 heavy (non-hydrogen) atoms. The summed E-state index contributed by atoms with van der Waals surface area (Å²) in [6, 6.07) is 16.3. The van der Waals surface area contributed by atoms with Gasteiger partial charge in [0, 0.05) is 11.3 Å². The largest absolute Gasteiger partial charge is 0.507 e. The highest BCUT2D eigenvalue weighted by molar-refractivity contribution is 6.04. The van der Waals surface area contributed by atoms with Gasteiger partial charge in [-0.05, 0) is 73.9 Å². The Bertz CT molecular complexity index is 1150. The summed E-state index contributed by atoms with van der Waals surface area (Å²) in [4.78, 5) is 17.0. The number of phenolic OH excluding ortho intramolecular Hbond substituents is 1. The van der Waals surface area contributed by atoms with Crippen molar-refractivity contribution in [1.29, 1.82) is 0 Å². The van der Waals surface area contributed by atoms with Gasteiger partial charge in [-0.25, -0.2) is 4.98 Å². The summed E-state index contributed by atoms with van der Waals surface area (Å²) in [5, 5.41) is 13.4. The Hall–Kier alpha value is -3.60. The van der Waals surface area contributed by atoms with Crippen LogP contribution in [0.25, 0.3) is 22.6 Å². The van der Waals surface area contributed by atoms with Crippen molar-refractivity contribution in [2.75, 3.05) is 5.32 Å². The molecule has 4 rings (SSSR count). The molecule has 0 aliphatic rings. The molecule has 0 atom stereocenters. The van der Waals surface area contributed by atoms with Crippen LogP contribution in [-0.4, -0.2) is 16.0 Å². The highest BCUT2D eigenvalue weighted by Crippen LogP contribution is 2.36. The zero-order chi connectivity index (χ0) is 19.8. The van der Waals surface area contributed by atoms with Crippen LogP contribution >= 0.6 is 0 Å². The number of phenols is 1. The SMILES string of the molecule is Cc1cc2nc(-c3cc(NC(=O)c4ccccc4)cc(C)c3O)oc2cc1C. The van der Waals surface area contributed by atoms with Crippen molar-refractivity contribution in [3.63, 3.8) is 0 Å². The first-order chi connectivity index (χ1) is 13.4. The summed E-state index contributed by atoms with van der Waals surface area (Å²) in [5.74, 6) is 0.176. The highest BCUT2D eigenvalue weighted by Gasteiger charge is 2.17. The van der Waals surface area contributed by atoms with Gasteiger partial charge in [-0.3, -0.25) is 4.79 Å². The fourth-order valence-corrected chi connectivity index (χ4v) is 3.10. The number of aryl methyl sites for hydroxylation is 3. The van der Waals surface area contributed by atoms with E-state index in [1.807, 2.05) is 44.2 Å². The van der Waals surface area contributed by atoms with Crippen molar-refractivity contribution in [3.05, 3.63) is 76.9 Å². The third-order valence-corrected chi connectivity index (χ3v) is 4.83. The minimum absolute atomic E-state index is 0.0812. The van der Waals surface area contributed by atoms with Crippen LogP contribution in [-0.2, 0) is 0 Å². The molecule has 0 saturated carbocycles. The quantitative estimate of drug-likeness (QED) is 0.474. The Morgan fingerprint density at radius 3 is 2.43 bits per heavy atom. The lowest BCUT2D eigenvalue weighted by atomic mass is 10.1. The highest BCUT2D eigenvalue weighted by atomic mass is 16.3. The summed E-state index contributed by atoms with van der Waals surface area (Å²) in [6.45, 7) is 5.80. The number of rotatable bonds is 3. The number of oxazole rings is 1. The van der Waals surface area contributed by atoms with Crippen LogP contribution in [0.3, 0.4) is 0 Å². The minimum atomic E-state index is -0.222. The number of hydrogen-bond acceptors (Lipinski definition) is 4. The lowest BCUT2D eigenvalue weighted by molar-refractivity contribution is 0.102. The molecule has 1 aromatic heterocycles. The first kappa shape index (κ1) is 17.8. The zero-order valence-corrected chi connectivity index (χ0v) is 15.9. The maximum atomic E-state index is 12.5. The standard InChI is InChI=1S/C23H20N2O3/c1-13-10-19-20(11-14(13)2)28-23(25-19)18-12-17(9-15(3)21(18)26)24-22(27)16-7-5-4-6-8-16/h4-12,26H,1-3H3,(H,24,27). The van der Waals surface area contributed by atoms with Crippen LogP contribution in [0.5, 0.6) is 5.75 Å².